The highest BCUT2D eigenvalue weighted by molar-refractivity contribution is 7.07. The lowest BCUT2D eigenvalue weighted by molar-refractivity contribution is -0.150. The third-order valence-electron chi connectivity index (χ3n) is 2.76. The zero-order chi connectivity index (χ0) is 12.1. The van der Waals surface area contributed by atoms with Gasteiger partial charge in [0.05, 0.1) is 17.8 Å². The molecule has 1 fully saturated rings. The Hall–Kier alpha value is -0.980. The minimum Gasteiger partial charge on any atom is -0.465 e. The predicted molar refractivity (Wildman–Crippen MR) is 65.9 cm³/mol. The molecule has 0 amide bonds. The molecule has 0 aromatic carbocycles. The molecule has 1 aliphatic heterocycles. The number of rotatable bonds is 4. The molecule has 5 nitrogen and oxygen atoms in total. The van der Waals surface area contributed by atoms with E-state index in [4.69, 9.17) is 4.74 Å². The number of carbonyl (C=O) groups excluding carboxylic acids is 1. The van der Waals surface area contributed by atoms with Gasteiger partial charge >= 0.3 is 5.97 Å². The van der Waals surface area contributed by atoms with Crippen LogP contribution in [0.1, 0.15) is 18.7 Å². The summed E-state index contributed by atoms with van der Waals surface area (Å²) in [6.45, 7) is 5.74. The molecular formula is C11H17N3O2S. The molecule has 6 heteroatoms. The molecule has 1 aromatic rings. The van der Waals surface area contributed by atoms with Gasteiger partial charge < -0.3 is 10.1 Å². The molecule has 1 atom stereocenters. The van der Waals surface area contributed by atoms with E-state index in [1.807, 2.05) is 12.3 Å². The number of thiazole rings is 1. The molecule has 94 valence electrons. The standard InChI is InChI=1S/C11H17N3O2S/c1-2-16-11(15)10(9-7-17-8-13-9)14-5-3-12-4-6-14/h7-8,10,12H,2-6H2,1H3. The van der Waals surface area contributed by atoms with Crippen molar-refractivity contribution in [2.24, 2.45) is 0 Å². The number of ether oxygens (including phenoxy) is 1. The van der Waals surface area contributed by atoms with E-state index in [0.717, 1.165) is 31.9 Å². The molecule has 0 saturated carbocycles. The Kier molecular flexibility index (Phi) is 4.47. The van der Waals surface area contributed by atoms with Crippen LogP contribution in [0.4, 0.5) is 0 Å². The maximum atomic E-state index is 12.0. The first-order chi connectivity index (χ1) is 8.33. The zero-order valence-electron chi connectivity index (χ0n) is 9.89. The summed E-state index contributed by atoms with van der Waals surface area (Å²) >= 11 is 1.51. The average Bonchev–Trinajstić information content (AvgIpc) is 2.85. The summed E-state index contributed by atoms with van der Waals surface area (Å²) in [5, 5.41) is 5.19. The van der Waals surface area contributed by atoms with Crippen LogP contribution in [0.15, 0.2) is 10.9 Å². The average molecular weight is 255 g/mol. The van der Waals surface area contributed by atoms with Crippen LogP contribution in [0, 0.1) is 0 Å². The van der Waals surface area contributed by atoms with Crippen molar-refractivity contribution in [3.8, 4) is 0 Å². The van der Waals surface area contributed by atoms with E-state index in [0.29, 0.717) is 6.61 Å². The molecule has 1 unspecified atom stereocenters. The normalized spacial score (nSPS) is 18.9. The van der Waals surface area contributed by atoms with E-state index in [-0.39, 0.29) is 12.0 Å². The maximum Gasteiger partial charge on any atom is 0.329 e. The molecule has 2 heterocycles. The fraction of sp³-hybridized carbons (Fsp3) is 0.636. The summed E-state index contributed by atoms with van der Waals surface area (Å²) in [5.41, 5.74) is 2.55. The van der Waals surface area contributed by atoms with Gasteiger partial charge in [0.15, 0.2) is 6.04 Å². The van der Waals surface area contributed by atoms with Gasteiger partial charge in [0, 0.05) is 31.6 Å². The summed E-state index contributed by atoms with van der Waals surface area (Å²) in [6.07, 6.45) is 0. The Morgan fingerprint density at radius 3 is 3.00 bits per heavy atom. The number of nitrogens with zero attached hydrogens (tertiary/aromatic N) is 2. The molecule has 1 N–H and O–H groups in total. The number of aromatic nitrogens is 1. The Morgan fingerprint density at radius 2 is 2.41 bits per heavy atom. The van der Waals surface area contributed by atoms with Gasteiger partial charge in [0.2, 0.25) is 0 Å². The minimum absolute atomic E-state index is 0.194. The molecule has 2 rings (SSSR count). The Labute approximate surface area is 105 Å². The van der Waals surface area contributed by atoms with Crippen LogP contribution in [0.2, 0.25) is 0 Å². The van der Waals surface area contributed by atoms with Crippen molar-refractivity contribution in [2.75, 3.05) is 32.8 Å². The van der Waals surface area contributed by atoms with E-state index in [9.17, 15) is 4.79 Å². The van der Waals surface area contributed by atoms with Crippen LogP contribution in [-0.2, 0) is 9.53 Å². The third kappa shape index (κ3) is 3.02. The summed E-state index contributed by atoms with van der Waals surface area (Å²) < 4.78 is 5.14. The van der Waals surface area contributed by atoms with Crippen molar-refractivity contribution in [3.63, 3.8) is 0 Å². The molecule has 0 spiro atoms. The van der Waals surface area contributed by atoms with E-state index >= 15 is 0 Å². The highest BCUT2D eigenvalue weighted by atomic mass is 32.1. The molecule has 0 bridgehead atoms. The van der Waals surface area contributed by atoms with E-state index in [1.165, 1.54) is 11.3 Å². The molecular weight excluding hydrogens is 238 g/mol. The van der Waals surface area contributed by atoms with Crippen LogP contribution >= 0.6 is 11.3 Å². The Morgan fingerprint density at radius 1 is 1.65 bits per heavy atom. The van der Waals surface area contributed by atoms with Crippen LogP contribution in [0.25, 0.3) is 0 Å². The lowest BCUT2D eigenvalue weighted by Crippen LogP contribution is -2.47. The highest BCUT2D eigenvalue weighted by Crippen LogP contribution is 2.22. The highest BCUT2D eigenvalue weighted by Gasteiger charge is 2.31. The van der Waals surface area contributed by atoms with E-state index in [2.05, 4.69) is 15.2 Å². The number of piperazine rings is 1. The first kappa shape index (κ1) is 12.5. The summed E-state index contributed by atoms with van der Waals surface area (Å²) in [6, 6.07) is -0.344. The second-order valence-corrected chi connectivity index (χ2v) is 4.57. The van der Waals surface area contributed by atoms with Gasteiger partial charge in [-0.1, -0.05) is 0 Å². The third-order valence-corrected chi connectivity index (χ3v) is 3.36. The predicted octanol–water partition coefficient (Wildman–Crippen LogP) is 0.652. The topological polar surface area (TPSA) is 54.5 Å². The van der Waals surface area contributed by atoms with Crippen molar-refractivity contribution in [1.82, 2.24) is 15.2 Å². The smallest absolute Gasteiger partial charge is 0.329 e. The van der Waals surface area contributed by atoms with Crippen molar-refractivity contribution in [2.45, 2.75) is 13.0 Å². The largest absolute Gasteiger partial charge is 0.465 e. The van der Waals surface area contributed by atoms with Crippen LogP contribution in [0.3, 0.4) is 0 Å². The Balaban J connectivity index is 2.14. The zero-order valence-corrected chi connectivity index (χ0v) is 10.7. The van der Waals surface area contributed by atoms with Crippen molar-refractivity contribution >= 4 is 17.3 Å². The van der Waals surface area contributed by atoms with Crippen molar-refractivity contribution in [3.05, 3.63) is 16.6 Å². The number of carbonyl (C=O) groups is 1. The van der Waals surface area contributed by atoms with Gasteiger partial charge in [-0.3, -0.25) is 4.90 Å². The first-order valence-corrected chi connectivity index (χ1v) is 6.76. The van der Waals surface area contributed by atoms with E-state index < -0.39 is 0 Å². The molecule has 1 aromatic heterocycles. The molecule has 0 aliphatic carbocycles. The van der Waals surface area contributed by atoms with E-state index in [1.54, 1.807) is 5.51 Å². The number of hydrogen-bond acceptors (Lipinski definition) is 6. The molecule has 17 heavy (non-hydrogen) atoms. The van der Waals surface area contributed by atoms with Crippen LogP contribution in [0.5, 0.6) is 0 Å². The molecule has 1 saturated heterocycles. The van der Waals surface area contributed by atoms with Gasteiger partial charge in [-0.2, -0.15) is 0 Å². The number of hydrogen-bond donors (Lipinski definition) is 1. The van der Waals surface area contributed by atoms with Crippen LogP contribution < -0.4 is 5.32 Å². The fourth-order valence-electron chi connectivity index (χ4n) is 1.98. The fourth-order valence-corrected chi connectivity index (χ4v) is 2.55. The number of nitrogens with one attached hydrogen (secondary N) is 1. The van der Waals surface area contributed by atoms with Crippen molar-refractivity contribution in [1.29, 1.82) is 0 Å². The van der Waals surface area contributed by atoms with Gasteiger partial charge in [-0.15, -0.1) is 11.3 Å². The molecule has 0 radical (unpaired) electrons. The monoisotopic (exact) mass is 255 g/mol. The second-order valence-electron chi connectivity index (χ2n) is 3.85. The lowest BCUT2D eigenvalue weighted by atomic mass is 10.1. The number of esters is 1. The van der Waals surface area contributed by atoms with Gasteiger partial charge in [0.1, 0.15) is 0 Å². The SMILES string of the molecule is CCOC(=O)C(c1cscn1)N1CCNCC1. The minimum atomic E-state index is -0.344. The first-order valence-electron chi connectivity index (χ1n) is 5.82. The van der Waals surface area contributed by atoms with Crippen LogP contribution in [-0.4, -0.2) is 48.6 Å². The van der Waals surface area contributed by atoms with Crippen molar-refractivity contribution < 1.29 is 9.53 Å². The quantitative estimate of drug-likeness (QED) is 0.801. The summed E-state index contributed by atoms with van der Waals surface area (Å²) in [5.74, 6) is -0.194. The van der Waals surface area contributed by atoms with Gasteiger partial charge in [-0.05, 0) is 6.92 Å². The summed E-state index contributed by atoms with van der Waals surface area (Å²) in [4.78, 5) is 18.4. The van der Waals surface area contributed by atoms with Gasteiger partial charge in [-0.25, -0.2) is 9.78 Å². The second kappa shape index (κ2) is 6.09. The Bertz CT molecular complexity index is 350. The molecule has 1 aliphatic rings. The summed E-state index contributed by atoms with van der Waals surface area (Å²) in [7, 11) is 0. The maximum absolute atomic E-state index is 12.0. The lowest BCUT2D eigenvalue weighted by Gasteiger charge is -2.32. The van der Waals surface area contributed by atoms with Gasteiger partial charge in [0.25, 0.3) is 0 Å².